The molecule has 0 saturated carbocycles. The van der Waals surface area contributed by atoms with E-state index in [1.165, 1.54) is 0 Å². The Kier molecular flexibility index (Phi) is 5.58. The number of amides is 1. The van der Waals surface area contributed by atoms with Crippen LogP contribution in [0.3, 0.4) is 0 Å². The van der Waals surface area contributed by atoms with Gasteiger partial charge in [-0.05, 0) is 24.1 Å². The summed E-state index contributed by atoms with van der Waals surface area (Å²) in [5, 5.41) is 3.07. The monoisotopic (exact) mass is 334 g/mol. The van der Waals surface area contributed by atoms with Gasteiger partial charge in [-0.2, -0.15) is 0 Å². The van der Waals surface area contributed by atoms with Crippen LogP contribution in [0.2, 0.25) is 0 Å². The predicted octanol–water partition coefficient (Wildman–Crippen LogP) is 1.54. The summed E-state index contributed by atoms with van der Waals surface area (Å²) in [6.45, 7) is 9.44. The van der Waals surface area contributed by atoms with E-state index in [9.17, 15) is 4.79 Å². The maximum absolute atomic E-state index is 12.5. The van der Waals surface area contributed by atoms with Crippen molar-refractivity contribution in [2.75, 3.05) is 46.1 Å². The quantitative estimate of drug-likeness (QED) is 0.885. The number of nitrogens with zero attached hydrogens (tertiary/aromatic N) is 1. The molecule has 24 heavy (non-hydrogen) atoms. The Hall–Kier alpha value is -1.79. The van der Waals surface area contributed by atoms with Crippen molar-refractivity contribution in [2.45, 2.75) is 19.9 Å². The summed E-state index contributed by atoms with van der Waals surface area (Å²) in [7, 11) is 0. The van der Waals surface area contributed by atoms with Crippen molar-refractivity contribution in [1.29, 1.82) is 0 Å². The van der Waals surface area contributed by atoms with E-state index in [0.717, 1.165) is 26.3 Å². The van der Waals surface area contributed by atoms with Crippen molar-refractivity contribution in [3.8, 4) is 11.5 Å². The third kappa shape index (κ3) is 3.99. The van der Waals surface area contributed by atoms with Crippen molar-refractivity contribution in [3.05, 3.63) is 23.8 Å². The van der Waals surface area contributed by atoms with Crippen molar-refractivity contribution < 1.29 is 19.0 Å². The Morgan fingerprint density at radius 3 is 2.54 bits per heavy atom. The zero-order valence-corrected chi connectivity index (χ0v) is 14.4. The van der Waals surface area contributed by atoms with Crippen LogP contribution in [-0.4, -0.2) is 62.9 Å². The molecule has 2 aliphatic rings. The summed E-state index contributed by atoms with van der Waals surface area (Å²) in [6.07, 6.45) is 0. The molecule has 1 unspecified atom stereocenters. The van der Waals surface area contributed by atoms with Crippen LogP contribution < -0.4 is 14.8 Å². The van der Waals surface area contributed by atoms with Gasteiger partial charge in [-0.25, -0.2) is 0 Å². The topological polar surface area (TPSA) is 60.0 Å². The van der Waals surface area contributed by atoms with Gasteiger partial charge in [0, 0.05) is 31.2 Å². The Morgan fingerprint density at radius 1 is 1.12 bits per heavy atom. The van der Waals surface area contributed by atoms with Crippen LogP contribution in [0.1, 0.15) is 24.2 Å². The first-order valence-electron chi connectivity index (χ1n) is 8.65. The molecule has 1 amide bonds. The average molecular weight is 334 g/mol. The second-order valence-corrected chi connectivity index (χ2v) is 6.53. The summed E-state index contributed by atoms with van der Waals surface area (Å²) in [5.74, 6) is 1.73. The molecule has 1 aromatic carbocycles. The van der Waals surface area contributed by atoms with Crippen LogP contribution in [0, 0.1) is 5.92 Å². The fourth-order valence-electron chi connectivity index (χ4n) is 3.18. The van der Waals surface area contributed by atoms with E-state index in [-0.39, 0.29) is 5.91 Å². The van der Waals surface area contributed by atoms with Crippen LogP contribution in [0.15, 0.2) is 18.2 Å². The molecule has 1 atom stereocenters. The van der Waals surface area contributed by atoms with Crippen molar-refractivity contribution in [1.82, 2.24) is 10.2 Å². The number of nitrogens with one attached hydrogen (secondary N) is 1. The summed E-state index contributed by atoms with van der Waals surface area (Å²) >= 11 is 0. The van der Waals surface area contributed by atoms with Crippen LogP contribution in [-0.2, 0) is 4.74 Å². The van der Waals surface area contributed by atoms with Crippen LogP contribution >= 0.6 is 0 Å². The van der Waals surface area contributed by atoms with E-state index >= 15 is 0 Å². The lowest BCUT2D eigenvalue weighted by Gasteiger charge is -2.36. The second kappa shape index (κ2) is 7.85. The minimum atomic E-state index is -0.0779. The summed E-state index contributed by atoms with van der Waals surface area (Å²) < 4.78 is 16.5. The van der Waals surface area contributed by atoms with Gasteiger partial charge in [0.2, 0.25) is 0 Å². The predicted molar refractivity (Wildman–Crippen MR) is 90.8 cm³/mol. The van der Waals surface area contributed by atoms with Crippen LogP contribution in [0.5, 0.6) is 11.5 Å². The maximum atomic E-state index is 12.5. The van der Waals surface area contributed by atoms with Gasteiger partial charge in [-0.3, -0.25) is 9.69 Å². The molecule has 0 spiro atoms. The van der Waals surface area contributed by atoms with Gasteiger partial charge in [0.25, 0.3) is 5.91 Å². The fraction of sp³-hybridized carbons (Fsp3) is 0.611. The number of rotatable bonds is 5. The first-order valence-corrected chi connectivity index (χ1v) is 8.65. The Balaban J connectivity index is 1.61. The van der Waals surface area contributed by atoms with Crippen LogP contribution in [0.4, 0.5) is 0 Å². The molecule has 2 aliphatic heterocycles. The molecule has 2 heterocycles. The van der Waals surface area contributed by atoms with E-state index in [1.54, 1.807) is 18.2 Å². The number of ether oxygens (including phenoxy) is 3. The lowest BCUT2D eigenvalue weighted by atomic mass is 10.0. The summed E-state index contributed by atoms with van der Waals surface area (Å²) in [5.41, 5.74) is 0.601. The molecule has 6 nitrogen and oxygen atoms in total. The van der Waals surface area contributed by atoms with Crippen molar-refractivity contribution in [2.24, 2.45) is 5.92 Å². The molecule has 0 aromatic heterocycles. The van der Waals surface area contributed by atoms with Crippen molar-refractivity contribution in [3.63, 3.8) is 0 Å². The van der Waals surface area contributed by atoms with Crippen molar-refractivity contribution >= 4 is 5.91 Å². The number of morpholine rings is 1. The number of benzene rings is 1. The number of fused-ring (bicyclic) bond motifs is 1. The highest BCUT2D eigenvalue weighted by Crippen LogP contribution is 2.30. The van der Waals surface area contributed by atoms with Crippen LogP contribution in [0.25, 0.3) is 0 Å². The molecule has 0 aliphatic carbocycles. The Labute approximate surface area is 143 Å². The first kappa shape index (κ1) is 17.0. The smallest absolute Gasteiger partial charge is 0.251 e. The maximum Gasteiger partial charge on any atom is 0.251 e. The molecule has 1 saturated heterocycles. The highest BCUT2D eigenvalue weighted by molar-refractivity contribution is 5.94. The van der Waals surface area contributed by atoms with E-state index < -0.39 is 0 Å². The highest BCUT2D eigenvalue weighted by atomic mass is 16.6. The normalized spacial score (nSPS) is 19.1. The summed E-state index contributed by atoms with van der Waals surface area (Å²) in [6, 6.07) is 5.64. The van der Waals surface area contributed by atoms with Gasteiger partial charge < -0.3 is 19.5 Å². The number of hydrogen-bond donors (Lipinski definition) is 1. The van der Waals surface area contributed by atoms with E-state index in [1.807, 2.05) is 0 Å². The molecule has 1 N–H and O–H groups in total. The molecule has 3 rings (SSSR count). The van der Waals surface area contributed by atoms with E-state index in [0.29, 0.717) is 48.8 Å². The van der Waals surface area contributed by atoms with Gasteiger partial charge in [0.05, 0.1) is 13.2 Å². The third-order valence-corrected chi connectivity index (χ3v) is 4.56. The van der Waals surface area contributed by atoms with E-state index in [2.05, 4.69) is 24.1 Å². The molecule has 132 valence electrons. The zero-order valence-electron chi connectivity index (χ0n) is 14.4. The molecule has 1 aromatic rings. The fourth-order valence-corrected chi connectivity index (χ4v) is 3.18. The standard InChI is InChI=1S/C18H26N2O4/c1-13(2)15(20-5-7-22-8-6-20)12-19-18(21)14-3-4-16-17(11-14)24-10-9-23-16/h3-4,11,13,15H,5-10,12H2,1-2H3,(H,19,21). The first-order chi connectivity index (χ1) is 11.6. The lowest BCUT2D eigenvalue weighted by Crippen LogP contribution is -2.51. The Morgan fingerprint density at radius 2 is 1.83 bits per heavy atom. The number of carbonyl (C=O) groups is 1. The molecule has 0 bridgehead atoms. The average Bonchev–Trinajstić information content (AvgIpc) is 2.62. The SMILES string of the molecule is CC(C)C(CNC(=O)c1ccc2c(c1)OCCO2)N1CCOCC1. The minimum absolute atomic E-state index is 0.0779. The number of carbonyl (C=O) groups excluding carboxylic acids is 1. The van der Waals surface area contributed by atoms with Gasteiger partial charge >= 0.3 is 0 Å². The molecule has 0 radical (unpaired) electrons. The zero-order chi connectivity index (χ0) is 16.9. The van der Waals surface area contributed by atoms with Gasteiger partial charge in [-0.1, -0.05) is 13.8 Å². The molecule has 6 heteroatoms. The molecular formula is C18H26N2O4. The van der Waals surface area contributed by atoms with Gasteiger partial charge in [-0.15, -0.1) is 0 Å². The minimum Gasteiger partial charge on any atom is -0.486 e. The molecular weight excluding hydrogens is 308 g/mol. The third-order valence-electron chi connectivity index (χ3n) is 4.56. The summed E-state index contributed by atoms with van der Waals surface area (Å²) in [4.78, 5) is 14.9. The number of hydrogen-bond acceptors (Lipinski definition) is 5. The molecule has 1 fully saturated rings. The van der Waals surface area contributed by atoms with E-state index in [4.69, 9.17) is 14.2 Å². The Bertz CT molecular complexity index is 570. The largest absolute Gasteiger partial charge is 0.486 e. The second-order valence-electron chi connectivity index (χ2n) is 6.53. The van der Waals surface area contributed by atoms with Gasteiger partial charge in [0.15, 0.2) is 11.5 Å². The lowest BCUT2D eigenvalue weighted by molar-refractivity contribution is 0.00672. The highest BCUT2D eigenvalue weighted by Gasteiger charge is 2.24. The van der Waals surface area contributed by atoms with Gasteiger partial charge in [0.1, 0.15) is 13.2 Å².